The first-order valence-electron chi connectivity index (χ1n) is 7.08. The molecular formula is C14H26N2O. The Kier molecular flexibility index (Phi) is 4.08. The maximum absolute atomic E-state index is 12.1. The molecule has 1 aliphatic carbocycles. The van der Waals surface area contributed by atoms with Gasteiger partial charge in [0, 0.05) is 12.0 Å². The van der Waals surface area contributed by atoms with Crippen molar-refractivity contribution in [3.05, 3.63) is 0 Å². The lowest BCUT2D eigenvalue weighted by Crippen LogP contribution is -2.44. The molecule has 3 heteroatoms. The highest BCUT2D eigenvalue weighted by Crippen LogP contribution is 2.35. The van der Waals surface area contributed by atoms with Crippen molar-refractivity contribution >= 4 is 5.91 Å². The molecule has 2 fully saturated rings. The largest absolute Gasteiger partial charge is 0.353 e. The number of piperidine rings is 1. The van der Waals surface area contributed by atoms with Crippen LogP contribution in [0.1, 0.15) is 52.4 Å². The lowest BCUT2D eigenvalue weighted by molar-refractivity contribution is -0.126. The molecular weight excluding hydrogens is 212 g/mol. The van der Waals surface area contributed by atoms with Crippen molar-refractivity contribution in [2.24, 2.45) is 11.3 Å². The normalized spacial score (nSPS) is 26.7. The molecule has 0 bridgehead atoms. The van der Waals surface area contributed by atoms with E-state index in [1.165, 1.54) is 12.8 Å². The van der Waals surface area contributed by atoms with Crippen LogP contribution in [0.15, 0.2) is 0 Å². The third-order valence-corrected chi connectivity index (χ3v) is 4.40. The third kappa shape index (κ3) is 3.70. The number of nitrogens with one attached hydrogen (secondary N) is 2. The molecule has 1 saturated carbocycles. The van der Waals surface area contributed by atoms with Gasteiger partial charge in [-0.25, -0.2) is 0 Å². The Morgan fingerprint density at radius 1 is 1.12 bits per heavy atom. The SMILES string of the molecule is CC1(C)CCC(NC(=O)C2CCNCC2)CC1. The fourth-order valence-electron chi connectivity index (χ4n) is 2.95. The van der Waals surface area contributed by atoms with E-state index in [0.29, 0.717) is 17.4 Å². The van der Waals surface area contributed by atoms with Crippen LogP contribution >= 0.6 is 0 Å². The summed E-state index contributed by atoms with van der Waals surface area (Å²) in [6.45, 7) is 6.65. The second-order valence-electron chi connectivity index (χ2n) is 6.47. The van der Waals surface area contributed by atoms with Crippen molar-refractivity contribution in [1.82, 2.24) is 10.6 Å². The molecule has 1 heterocycles. The van der Waals surface area contributed by atoms with E-state index in [4.69, 9.17) is 0 Å². The van der Waals surface area contributed by atoms with E-state index >= 15 is 0 Å². The molecule has 0 aromatic heterocycles. The Balaban J connectivity index is 1.75. The van der Waals surface area contributed by atoms with Gasteiger partial charge < -0.3 is 10.6 Å². The molecule has 2 N–H and O–H groups in total. The highest BCUT2D eigenvalue weighted by Gasteiger charge is 2.29. The van der Waals surface area contributed by atoms with Crippen LogP contribution < -0.4 is 10.6 Å². The molecule has 98 valence electrons. The summed E-state index contributed by atoms with van der Waals surface area (Å²) in [6.07, 6.45) is 6.80. The van der Waals surface area contributed by atoms with Crippen molar-refractivity contribution in [3.8, 4) is 0 Å². The first-order valence-corrected chi connectivity index (χ1v) is 7.08. The molecule has 0 unspecified atom stereocenters. The van der Waals surface area contributed by atoms with Crippen molar-refractivity contribution < 1.29 is 4.79 Å². The summed E-state index contributed by atoms with van der Waals surface area (Å²) in [5.41, 5.74) is 0.482. The van der Waals surface area contributed by atoms with Gasteiger partial charge >= 0.3 is 0 Å². The summed E-state index contributed by atoms with van der Waals surface area (Å²) in [7, 11) is 0. The molecule has 17 heavy (non-hydrogen) atoms. The topological polar surface area (TPSA) is 41.1 Å². The number of carbonyl (C=O) groups excluding carboxylic acids is 1. The Morgan fingerprint density at radius 2 is 1.71 bits per heavy atom. The van der Waals surface area contributed by atoms with Crippen LogP contribution in [0.5, 0.6) is 0 Å². The van der Waals surface area contributed by atoms with Crippen LogP contribution in [0.3, 0.4) is 0 Å². The summed E-state index contributed by atoms with van der Waals surface area (Å²) in [5, 5.41) is 6.56. The lowest BCUT2D eigenvalue weighted by atomic mass is 9.75. The summed E-state index contributed by atoms with van der Waals surface area (Å²) in [4.78, 5) is 12.1. The van der Waals surface area contributed by atoms with Gasteiger partial charge in [0.05, 0.1) is 0 Å². The molecule has 1 aliphatic heterocycles. The van der Waals surface area contributed by atoms with Gasteiger partial charge in [-0.2, -0.15) is 0 Å². The molecule has 1 saturated heterocycles. The van der Waals surface area contributed by atoms with Crippen molar-refractivity contribution in [1.29, 1.82) is 0 Å². The smallest absolute Gasteiger partial charge is 0.223 e. The van der Waals surface area contributed by atoms with Gasteiger partial charge in [-0.3, -0.25) is 4.79 Å². The van der Waals surface area contributed by atoms with E-state index in [1.807, 2.05) is 0 Å². The van der Waals surface area contributed by atoms with Gasteiger partial charge in [-0.1, -0.05) is 13.8 Å². The molecule has 0 aromatic carbocycles. The number of amides is 1. The monoisotopic (exact) mass is 238 g/mol. The van der Waals surface area contributed by atoms with Crippen LogP contribution in [-0.4, -0.2) is 25.0 Å². The van der Waals surface area contributed by atoms with Crippen molar-refractivity contribution in [3.63, 3.8) is 0 Å². The van der Waals surface area contributed by atoms with E-state index in [-0.39, 0.29) is 5.92 Å². The fraction of sp³-hybridized carbons (Fsp3) is 0.929. The predicted octanol–water partition coefficient (Wildman–Crippen LogP) is 2.07. The third-order valence-electron chi connectivity index (χ3n) is 4.40. The highest BCUT2D eigenvalue weighted by molar-refractivity contribution is 5.79. The molecule has 0 radical (unpaired) electrons. The predicted molar refractivity (Wildman–Crippen MR) is 69.8 cm³/mol. The molecule has 3 nitrogen and oxygen atoms in total. The van der Waals surface area contributed by atoms with E-state index in [9.17, 15) is 4.79 Å². The zero-order chi connectivity index (χ0) is 12.3. The van der Waals surface area contributed by atoms with Gasteiger partial charge in [0.2, 0.25) is 5.91 Å². The minimum Gasteiger partial charge on any atom is -0.353 e. The van der Waals surface area contributed by atoms with E-state index in [2.05, 4.69) is 24.5 Å². The van der Waals surface area contributed by atoms with Crippen LogP contribution in [0.25, 0.3) is 0 Å². The number of carbonyl (C=O) groups is 1. The number of hydrogen-bond donors (Lipinski definition) is 2. The van der Waals surface area contributed by atoms with Crippen LogP contribution in [0.4, 0.5) is 0 Å². The minimum atomic E-state index is 0.256. The van der Waals surface area contributed by atoms with Crippen LogP contribution in [0.2, 0.25) is 0 Å². The van der Waals surface area contributed by atoms with Gasteiger partial charge in [0.1, 0.15) is 0 Å². The van der Waals surface area contributed by atoms with Crippen molar-refractivity contribution in [2.45, 2.75) is 58.4 Å². The molecule has 0 spiro atoms. The van der Waals surface area contributed by atoms with Crippen LogP contribution in [0, 0.1) is 11.3 Å². The average molecular weight is 238 g/mol. The Hall–Kier alpha value is -0.570. The maximum Gasteiger partial charge on any atom is 0.223 e. The molecule has 1 amide bonds. The minimum absolute atomic E-state index is 0.256. The van der Waals surface area contributed by atoms with Gasteiger partial charge in [-0.05, 0) is 57.0 Å². The van der Waals surface area contributed by atoms with E-state index in [0.717, 1.165) is 38.8 Å². The quantitative estimate of drug-likeness (QED) is 0.773. The maximum atomic E-state index is 12.1. The second kappa shape index (κ2) is 5.38. The van der Waals surface area contributed by atoms with Crippen LogP contribution in [-0.2, 0) is 4.79 Å². The Labute approximate surface area is 105 Å². The number of rotatable bonds is 2. The summed E-state index contributed by atoms with van der Waals surface area (Å²) >= 11 is 0. The first-order chi connectivity index (χ1) is 8.07. The molecule has 0 atom stereocenters. The van der Waals surface area contributed by atoms with E-state index in [1.54, 1.807) is 0 Å². The second-order valence-corrected chi connectivity index (χ2v) is 6.47. The fourth-order valence-corrected chi connectivity index (χ4v) is 2.95. The Morgan fingerprint density at radius 3 is 2.29 bits per heavy atom. The van der Waals surface area contributed by atoms with Gasteiger partial charge in [0.15, 0.2) is 0 Å². The lowest BCUT2D eigenvalue weighted by Gasteiger charge is -2.35. The van der Waals surface area contributed by atoms with Gasteiger partial charge in [-0.15, -0.1) is 0 Å². The summed E-state index contributed by atoms with van der Waals surface area (Å²) < 4.78 is 0. The summed E-state index contributed by atoms with van der Waals surface area (Å²) in [5.74, 6) is 0.558. The molecule has 0 aromatic rings. The Bertz CT molecular complexity index is 259. The average Bonchev–Trinajstić information content (AvgIpc) is 2.33. The molecule has 2 aliphatic rings. The van der Waals surface area contributed by atoms with Gasteiger partial charge in [0.25, 0.3) is 0 Å². The van der Waals surface area contributed by atoms with Crippen molar-refractivity contribution in [2.75, 3.05) is 13.1 Å². The highest BCUT2D eigenvalue weighted by atomic mass is 16.1. The molecule has 2 rings (SSSR count). The zero-order valence-electron chi connectivity index (χ0n) is 11.2. The zero-order valence-corrected chi connectivity index (χ0v) is 11.2. The van der Waals surface area contributed by atoms with E-state index < -0.39 is 0 Å². The standard InChI is InChI=1S/C14H26N2O/c1-14(2)7-3-12(4-8-14)16-13(17)11-5-9-15-10-6-11/h11-12,15H,3-10H2,1-2H3,(H,16,17). The number of hydrogen-bond acceptors (Lipinski definition) is 2. The first kappa shape index (κ1) is 12.9. The summed E-state index contributed by atoms with van der Waals surface area (Å²) in [6, 6.07) is 0.436.